The molecule has 0 radical (unpaired) electrons. The van der Waals surface area contributed by atoms with Gasteiger partial charge in [0, 0.05) is 17.3 Å². The number of nitrogens with zero attached hydrogens (tertiary/aromatic N) is 1. The Balaban J connectivity index is 2.50. The fourth-order valence-corrected chi connectivity index (χ4v) is 1.83. The van der Waals surface area contributed by atoms with Crippen LogP contribution in [0.15, 0.2) is 36.5 Å². The van der Waals surface area contributed by atoms with Crippen molar-refractivity contribution in [3.05, 3.63) is 53.5 Å². The monoisotopic (exact) mass is 299 g/mol. The second-order valence-electron chi connectivity index (χ2n) is 4.28. The normalized spacial score (nSPS) is 11.4. The van der Waals surface area contributed by atoms with Crippen LogP contribution in [0.3, 0.4) is 0 Å². The molecule has 0 atom stereocenters. The van der Waals surface area contributed by atoms with Crippen LogP contribution in [0.5, 0.6) is 0 Å². The molecule has 1 N–H and O–H groups in total. The topological polar surface area (TPSA) is 50.2 Å². The number of carboxylic acids is 1. The number of rotatable bonds is 3. The molecule has 0 amide bonds. The van der Waals surface area contributed by atoms with Crippen molar-refractivity contribution < 1.29 is 27.5 Å². The number of aliphatic carboxylic acids is 1. The van der Waals surface area contributed by atoms with E-state index in [1.807, 2.05) is 0 Å². The summed E-state index contributed by atoms with van der Waals surface area (Å²) in [5, 5.41) is 8.67. The Morgan fingerprint density at radius 1 is 1.24 bits per heavy atom. The lowest BCUT2D eigenvalue weighted by atomic mass is 10.0. The van der Waals surface area contributed by atoms with Gasteiger partial charge in [-0.05, 0) is 18.2 Å². The van der Waals surface area contributed by atoms with Crippen molar-refractivity contribution in [2.24, 2.45) is 0 Å². The predicted molar refractivity (Wildman–Crippen MR) is 66.0 cm³/mol. The van der Waals surface area contributed by atoms with Crippen molar-refractivity contribution in [3.8, 4) is 11.3 Å². The summed E-state index contributed by atoms with van der Waals surface area (Å²) in [6.07, 6.45) is -3.96. The van der Waals surface area contributed by atoms with Gasteiger partial charge in [0.1, 0.15) is 5.69 Å². The molecule has 0 saturated carbocycles. The lowest BCUT2D eigenvalue weighted by molar-refractivity contribution is -0.138. The fourth-order valence-electron chi connectivity index (χ4n) is 1.83. The molecular weight excluding hydrogens is 290 g/mol. The third-order valence-electron chi connectivity index (χ3n) is 2.77. The van der Waals surface area contributed by atoms with Gasteiger partial charge in [0.2, 0.25) is 0 Å². The third kappa shape index (κ3) is 3.36. The zero-order valence-electron chi connectivity index (χ0n) is 10.5. The maximum atomic E-state index is 14.1. The predicted octanol–water partition coefficient (Wildman–Crippen LogP) is 3.53. The van der Waals surface area contributed by atoms with Crippen molar-refractivity contribution in [1.29, 1.82) is 0 Å². The molecule has 0 aliphatic rings. The van der Waals surface area contributed by atoms with Gasteiger partial charge in [0.15, 0.2) is 5.82 Å². The number of aromatic nitrogens is 1. The quantitative estimate of drug-likeness (QED) is 0.882. The highest BCUT2D eigenvalue weighted by Crippen LogP contribution is 2.32. The first kappa shape index (κ1) is 15.0. The number of alkyl halides is 3. The molecule has 0 fully saturated rings. The van der Waals surface area contributed by atoms with Crippen LogP contribution >= 0.6 is 0 Å². The van der Waals surface area contributed by atoms with Crippen LogP contribution in [-0.2, 0) is 17.4 Å². The smallest absolute Gasteiger partial charge is 0.416 e. The summed E-state index contributed by atoms with van der Waals surface area (Å²) < 4.78 is 52.1. The molecular formula is C14H9F4NO2. The van der Waals surface area contributed by atoms with Gasteiger partial charge in [-0.25, -0.2) is 4.39 Å². The van der Waals surface area contributed by atoms with E-state index in [1.54, 1.807) is 0 Å². The number of halogens is 4. The highest BCUT2D eigenvalue weighted by molar-refractivity contribution is 5.71. The molecule has 7 heteroatoms. The summed E-state index contributed by atoms with van der Waals surface area (Å²) >= 11 is 0. The second kappa shape index (κ2) is 5.51. The van der Waals surface area contributed by atoms with Gasteiger partial charge >= 0.3 is 12.1 Å². The minimum Gasteiger partial charge on any atom is -0.481 e. The van der Waals surface area contributed by atoms with E-state index < -0.39 is 29.9 Å². The molecule has 1 aromatic heterocycles. The Hall–Kier alpha value is -2.44. The van der Waals surface area contributed by atoms with Gasteiger partial charge in [0.25, 0.3) is 0 Å². The molecule has 110 valence electrons. The molecule has 0 aliphatic heterocycles. The van der Waals surface area contributed by atoms with Crippen LogP contribution in [-0.4, -0.2) is 16.1 Å². The second-order valence-corrected chi connectivity index (χ2v) is 4.28. The zero-order chi connectivity index (χ0) is 15.6. The van der Waals surface area contributed by atoms with Crippen LogP contribution in [0.2, 0.25) is 0 Å². The average molecular weight is 299 g/mol. The van der Waals surface area contributed by atoms with Crippen LogP contribution in [0, 0.1) is 5.82 Å². The lowest BCUT2D eigenvalue weighted by Crippen LogP contribution is -2.06. The minimum atomic E-state index is -4.55. The largest absolute Gasteiger partial charge is 0.481 e. The highest BCUT2D eigenvalue weighted by atomic mass is 19.4. The molecule has 0 aliphatic carbocycles. The third-order valence-corrected chi connectivity index (χ3v) is 2.77. The number of carboxylic acid groups (broad SMARTS) is 1. The first-order chi connectivity index (χ1) is 9.79. The molecule has 2 rings (SSSR count). The molecule has 1 heterocycles. The summed E-state index contributed by atoms with van der Waals surface area (Å²) in [6.45, 7) is 0. The van der Waals surface area contributed by atoms with E-state index in [9.17, 15) is 22.4 Å². The first-order valence-electron chi connectivity index (χ1n) is 5.82. The molecule has 0 bridgehead atoms. The number of carbonyl (C=O) groups is 1. The van der Waals surface area contributed by atoms with Crippen molar-refractivity contribution >= 4 is 5.97 Å². The number of hydrogen-bond donors (Lipinski definition) is 1. The molecule has 1 aromatic carbocycles. The van der Waals surface area contributed by atoms with Gasteiger partial charge in [0.05, 0.1) is 12.0 Å². The van der Waals surface area contributed by atoms with E-state index in [0.29, 0.717) is 0 Å². The van der Waals surface area contributed by atoms with Crippen LogP contribution in [0.4, 0.5) is 17.6 Å². The van der Waals surface area contributed by atoms with E-state index in [2.05, 4.69) is 4.98 Å². The van der Waals surface area contributed by atoms with E-state index in [-0.39, 0.29) is 16.8 Å². The minimum absolute atomic E-state index is 0.0606. The molecule has 0 spiro atoms. The maximum Gasteiger partial charge on any atom is 0.416 e. The summed E-state index contributed by atoms with van der Waals surface area (Å²) in [6, 6.07) is 5.24. The highest BCUT2D eigenvalue weighted by Gasteiger charge is 2.30. The molecule has 0 unspecified atom stereocenters. The summed E-state index contributed by atoms with van der Waals surface area (Å²) in [4.78, 5) is 14.3. The summed E-state index contributed by atoms with van der Waals surface area (Å²) in [5.41, 5.74) is -1.43. The number of hydrogen-bond acceptors (Lipinski definition) is 2. The molecule has 2 aromatic rings. The Morgan fingerprint density at radius 2 is 1.95 bits per heavy atom. The first-order valence-corrected chi connectivity index (χ1v) is 5.82. The number of benzene rings is 1. The van der Waals surface area contributed by atoms with Gasteiger partial charge in [-0.15, -0.1) is 0 Å². The van der Waals surface area contributed by atoms with Crippen molar-refractivity contribution in [2.75, 3.05) is 0 Å². The summed E-state index contributed by atoms with van der Waals surface area (Å²) in [5.74, 6) is -2.17. The Morgan fingerprint density at radius 3 is 2.57 bits per heavy atom. The van der Waals surface area contributed by atoms with Gasteiger partial charge in [-0.3, -0.25) is 9.78 Å². The van der Waals surface area contributed by atoms with Crippen molar-refractivity contribution in [3.63, 3.8) is 0 Å². The Labute approximate surface area is 116 Å². The lowest BCUT2D eigenvalue weighted by Gasteiger charge is -2.10. The van der Waals surface area contributed by atoms with E-state index in [1.165, 1.54) is 12.1 Å². The molecule has 3 nitrogen and oxygen atoms in total. The fraction of sp³-hybridized carbons (Fsp3) is 0.143. The van der Waals surface area contributed by atoms with Crippen LogP contribution < -0.4 is 0 Å². The van der Waals surface area contributed by atoms with Gasteiger partial charge in [-0.1, -0.05) is 12.1 Å². The van der Waals surface area contributed by atoms with Crippen molar-refractivity contribution in [2.45, 2.75) is 12.6 Å². The number of pyridine rings is 1. The van der Waals surface area contributed by atoms with Gasteiger partial charge < -0.3 is 5.11 Å². The van der Waals surface area contributed by atoms with E-state index in [0.717, 1.165) is 24.4 Å². The SMILES string of the molecule is O=C(O)Cc1ccnc(-c2cccc(C(F)(F)F)c2)c1F. The Kier molecular flexibility index (Phi) is 3.93. The van der Waals surface area contributed by atoms with E-state index >= 15 is 0 Å². The van der Waals surface area contributed by atoms with Gasteiger partial charge in [-0.2, -0.15) is 13.2 Å². The average Bonchev–Trinajstić information content (AvgIpc) is 2.40. The van der Waals surface area contributed by atoms with Crippen LogP contribution in [0.1, 0.15) is 11.1 Å². The summed E-state index contributed by atoms with van der Waals surface area (Å²) in [7, 11) is 0. The Bertz CT molecular complexity index is 683. The molecule has 21 heavy (non-hydrogen) atoms. The maximum absolute atomic E-state index is 14.1. The van der Waals surface area contributed by atoms with Crippen LogP contribution in [0.25, 0.3) is 11.3 Å². The molecule has 0 saturated heterocycles. The van der Waals surface area contributed by atoms with E-state index in [4.69, 9.17) is 5.11 Å². The zero-order valence-corrected chi connectivity index (χ0v) is 10.5. The standard InChI is InChI=1S/C14H9F4NO2/c15-12-8(7-11(20)21)4-5-19-13(12)9-2-1-3-10(6-9)14(16,17)18/h1-6H,7H2,(H,20,21). The van der Waals surface area contributed by atoms with Crippen molar-refractivity contribution in [1.82, 2.24) is 4.98 Å².